The second-order valence-electron chi connectivity index (χ2n) is 5.28. The molecule has 0 bridgehead atoms. The lowest BCUT2D eigenvalue weighted by Crippen LogP contribution is -2.37. The number of hydrogen-bond donors (Lipinski definition) is 1. The molecule has 1 N–H and O–H groups in total. The minimum Gasteiger partial charge on any atom is -0.315 e. The summed E-state index contributed by atoms with van der Waals surface area (Å²) in [5, 5.41) is 4.21. The fourth-order valence-corrected chi connectivity index (χ4v) is 2.79. The number of para-hydroxylation sites is 1. The number of amides is 1. The Morgan fingerprint density at radius 3 is 2.67 bits per heavy atom. The van der Waals surface area contributed by atoms with Crippen LogP contribution in [-0.4, -0.2) is 13.0 Å². The summed E-state index contributed by atoms with van der Waals surface area (Å²) in [7, 11) is 1.83. The molecule has 2 aromatic carbocycles. The predicted molar refractivity (Wildman–Crippen MR) is 85.5 cm³/mol. The largest absolute Gasteiger partial charge is 0.315 e. The van der Waals surface area contributed by atoms with Crippen molar-refractivity contribution in [2.24, 2.45) is 0 Å². The summed E-state index contributed by atoms with van der Waals surface area (Å²) in [5.74, 6) is 0.141. The summed E-state index contributed by atoms with van der Waals surface area (Å²) < 4.78 is 0. The van der Waals surface area contributed by atoms with Gasteiger partial charge >= 0.3 is 0 Å². The maximum Gasteiger partial charge on any atom is 0.228 e. The summed E-state index contributed by atoms with van der Waals surface area (Å²) in [6, 6.07) is 15.9. The molecule has 108 valence electrons. The van der Waals surface area contributed by atoms with Gasteiger partial charge in [0, 0.05) is 36.8 Å². The van der Waals surface area contributed by atoms with Crippen molar-refractivity contribution in [2.75, 3.05) is 11.9 Å². The van der Waals surface area contributed by atoms with Crippen LogP contribution in [-0.2, 0) is 11.3 Å². The van der Waals surface area contributed by atoms with Crippen LogP contribution in [0.3, 0.4) is 0 Å². The monoisotopic (exact) mass is 300 g/mol. The Hall–Kier alpha value is -1.84. The van der Waals surface area contributed by atoms with E-state index < -0.39 is 0 Å². The molecular formula is C17H17ClN2O. The lowest BCUT2D eigenvalue weighted by Gasteiger charge is -2.32. The number of rotatable bonds is 3. The highest BCUT2D eigenvalue weighted by molar-refractivity contribution is 6.30. The molecule has 0 radical (unpaired) electrons. The average Bonchev–Trinajstić information content (AvgIpc) is 2.51. The van der Waals surface area contributed by atoms with Gasteiger partial charge in [-0.3, -0.25) is 4.79 Å². The van der Waals surface area contributed by atoms with Gasteiger partial charge in [-0.1, -0.05) is 41.9 Å². The molecule has 0 fully saturated rings. The molecule has 0 spiro atoms. The van der Waals surface area contributed by atoms with Gasteiger partial charge in [0.25, 0.3) is 0 Å². The number of fused-ring (bicyclic) bond motifs is 1. The summed E-state index contributed by atoms with van der Waals surface area (Å²) in [5.41, 5.74) is 3.32. The minimum absolute atomic E-state index is 0.0561. The molecular weight excluding hydrogens is 284 g/mol. The average molecular weight is 301 g/mol. The summed E-state index contributed by atoms with van der Waals surface area (Å²) in [6.07, 6.45) is 0.487. The molecule has 0 saturated carbocycles. The van der Waals surface area contributed by atoms with Gasteiger partial charge in [-0.2, -0.15) is 0 Å². The van der Waals surface area contributed by atoms with Crippen LogP contribution in [0.25, 0.3) is 0 Å². The molecule has 3 rings (SSSR count). The first-order valence-electron chi connectivity index (χ1n) is 6.98. The van der Waals surface area contributed by atoms with Crippen LogP contribution in [0.1, 0.15) is 23.6 Å². The van der Waals surface area contributed by atoms with Crippen LogP contribution in [0.15, 0.2) is 48.5 Å². The highest BCUT2D eigenvalue weighted by Gasteiger charge is 2.28. The van der Waals surface area contributed by atoms with Crippen molar-refractivity contribution in [3.63, 3.8) is 0 Å². The van der Waals surface area contributed by atoms with E-state index >= 15 is 0 Å². The van der Waals surface area contributed by atoms with E-state index in [2.05, 4.69) is 11.4 Å². The van der Waals surface area contributed by atoms with Crippen molar-refractivity contribution in [3.8, 4) is 0 Å². The van der Waals surface area contributed by atoms with Crippen molar-refractivity contribution in [3.05, 3.63) is 64.7 Å². The van der Waals surface area contributed by atoms with E-state index in [9.17, 15) is 4.79 Å². The van der Waals surface area contributed by atoms with Crippen molar-refractivity contribution >= 4 is 23.2 Å². The third-order valence-corrected chi connectivity index (χ3v) is 4.14. The van der Waals surface area contributed by atoms with E-state index in [1.165, 1.54) is 5.56 Å². The van der Waals surface area contributed by atoms with Crippen molar-refractivity contribution in [1.82, 2.24) is 5.32 Å². The third-order valence-electron chi connectivity index (χ3n) is 3.89. The topological polar surface area (TPSA) is 32.3 Å². The molecule has 1 atom stereocenters. The number of nitrogens with one attached hydrogen (secondary N) is 1. The first-order valence-corrected chi connectivity index (χ1v) is 7.36. The zero-order valence-electron chi connectivity index (χ0n) is 11.8. The van der Waals surface area contributed by atoms with Crippen LogP contribution >= 0.6 is 11.6 Å². The van der Waals surface area contributed by atoms with Gasteiger partial charge in [-0.25, -0.2) is 0 Å². The number of nitrogens with zero attached hydrogens (tertiary/aromatic N) is 1. The molecule has 1 unspecified atom stereocenters. The summed E-state index contributed by atoms with van der Waals surface area (Å²) in [4.78, 5) is 13.8. The second-order valence-corrected chi connectivity index (χ2v) is 5.71. The molecule has 0 saturated heterocycles. The first kappa shape index (κ1) is 14.1. The molecule has 21 heavy (non-hydrogen) atoms. The van der Waals surface area contributed by atoms with Crippen LogP contribution in [0.2, 0.25) is 5.02 Å². The number of carbonyl (C=O) groups excluding carboxylic acids is 1. The quantitative estimate of drug-likeness (QED) is 0.940. The van der Waals surface area contributed by atoms with Crippen LogP contribution in [0.4, 0.5) is 5.69 Å². The number of hydrogen-bond acceptors (Lipinski definition) is 2. The van der Waals surface area contributed by atoms with Crippen LogP contribution < -0.4 is 10.2 Å². The van der Waals surface area contributed by atoms with Gasteiger partial charge in [-0.05, 0) is 29.3 Å². The molecule has 1 aliphatic heterocycles. The fraction of sp³-hybridized carbons (Fsp3) is 0.235. The lowest BCUT2D eigenvalue weighted by molar-refractivity contribution is -0.119. The van der Waals surface area contributed by atoms with Crippen LogP contribution in [0.5, 0.6) is 0 Å². The smallest absolute Gasteiger partial charge is 0.228 e. The van der Waals surface area contributed by atoms with Gasteiger partial charge in [0.2, 0.25) is 5.91 Å². The number of anilines is 1. The number of benzene rings is 2. The Labute approximate surface area is 129 Å². The normalized spacial score (nSPS) is 17.7. The maximum absolute atomic E-state index is 12.1. The standard InChI is InChI=1S/C17H17ClN2O/c1-20-16-5-3-2-4-14(16)15(10-17(20)21)19-11-12-6-8-13(18)9-7-12/h2-9,15,19H,10-11H2,1H3. The zero-order chi connectivity index (χ0) is 14.8. The van der Waals surface area contributed by atoms with Crippen molar-refractivity contribution in [1.29, 1.82) is 0 Å². The van der Waals surface area contributed by atoms with Crippen molar-refractivity contribution in [2.45, 2.75) is 19.0 Å². The molecule has 1 aliphatic rings. The van der Waals surface area contributed by atoms with Gasteiger partial charge in [-0.15, -0.1) is 0 Å². The van der Waals surface area contributed by atoms with Gasteiger partial charge < -0.3 is 10.2 Å². The van der Waals surface area contributed by atoms with E-state index in [-0.39, 0.29) is 11.9 Å². The first-order chi connectivity index (χ1) is 10.1. The van der Waals surface area contributed by atoms with E-state index in [1.807, 2.05) is 49.5 Å². The second kappa shape index (κ2) is 5.88. The number of carbonyl (C=O) groups is 1. The van der Waals surface area contributed by atoms with Gasteiger partial charge in [0.15, 0.2) is 0 Å². The molecule has 1 amide bonds. The molecule has 0 aliphatic carbocycles. The van der Waals surface area contributed by atoms with E-state index in [0.29, 0.717) is 13.0 Å². The van der Waals surface area contributed by atoms with Gasteiger partial charge in [0.05, 0.1) is 0 Å². The Morgan fingerprint density at radius 1 is 1.19 bits per heavy atom. The molecule has 4 heteroatoms. The molecule has 3 nitrogen and oxygen atoms in total. The Morgan fingerprint density at radius 2 is 1.90 bits per heavy atom. The van der Waals surface area contributed by atoms with E-state index in [4.69, 9.17) is 11.6 Å². The Bertz CT molecular complexity index is 654. The zero-order valence-corrected chi connectivity index (χ0v) is 12.6. The summed E-state index contributed by atoms with van der Waals surface area (Å²) in [6.45, 7) is 0.715. The highest BCUT2D eigenvalue weighted by Crippen LogP contribution is 2.33. The SMILES string of the molecule is CN1C(=O)CC(NCc2ccc(Cl)cc2)c2ccccc21. The predicted octanol–water partition coefficient (Wildman–Crippen LogP) is 3.54. The summed E-state index contributed by atoms with van der Waals surface area (Å²) >= 11 is 5.89. The minimum atomic E-state index is 0.0561. The molecule has 0 aromatic heterocycles. The Kier molecular flexibility index (Phi) is 3.95. The third kappa shape index (κ3) is 2.94. The molecule has 2 aromatic rings. The fourth-order valence-electron chi connectivity index (χ4n) is 2.67. The molecule has 1 heterocycles. The van der Waals surface area contributed by atoms with Crippen molar-refractivity contribution < 1.29 is 4.79 Å². The van der Waals surface area contributed by atoms with Crippen LogP contribution in [0, 0.1) is 0 Å². The lowest BCUT2D eigenvalue weighted by atomic mass is 9.96. The Balaban J connectivity index is 1.78. The number of halogens is 1. The van der Waals surface area contributed by atoms with E-state index in [0.717, 1.165) is 16.3 Å². The maximum atomic E-state index is 12.1. The van der Waals surface area contributed by atoms with E-state index in [1.54, 1.807) is 4.90 Å². The highest BCUT2D eigenvalue weighted by atomic mass is 35.5. The van der Waals surface area contributed by atoms with Gasteiger partial charge in [0.1, 0.15) is 0 Å².